The van der Waals surface area contributed by atoms with Crippen molar-refractivity contribution in [2.75, 3.05) is 18.1 Å². The van der Waals surface area contributed by atoms with Gasteiger partial charge in [-0.3, -0.25) is 0 Å². The minimum absolute atomic E-state index is 0.346. The molecule has 0 saturated carbocycles. The van der Waals surface area contributed by atoms with E-state index in [4.69, 9.17) is 15.6 Å². The first-order valence-electron chi connectivity index (χ1n) is 5.76. The van der Waals surface area contributed by atoms with Crippen LogP contribution in [-0.4, -0.2) is 46.9 Å². The Morgan fingerprint density at radius 3 is 2.44 bits per heavy atom. The predicted molar refractivity (Wildman–Crippen MR) is 71.8 cm³/mol. The number of ether oxygens (including phenoxy) is 1. The second-order valence-corrected chi connectivity index (χ2v) is 5.95. The Morgan fingerprint density at radius 2 is 2.00 bits per heavy atom. The highest BCUT2D eigenvalue weighted by atomic mass is 32.2. The molecule has 7 heteroatoms. The van der Waals surface area contributed by atoms with Crippen molar-refractivity contribution in [2.45, 2.75) is 38.8 Å². The van der Waals surface area contributed by atoms with Crippen LogP contribution < -0.4 is 11.1 Å². The Hall–Kier alpha value is -0.950. The van der Waals surface area contributed by atoms with E-state index in [0.29, 0.717) is 18.7 Å². The number of carboxylic acids is 1. The number of carbonyl (C=O) groups is 2. The molecule has 106 valence electrons. The Morgan fingerprint density at radius 1 is 1.39 bits per heavy atom. The van der Waals surface area contributed by atoms with Crippen LogP contribution in [0.4, 0.5) is 4.79 Å². The number of carboxylic acid groups (broad SMARTS) is 1. The van der Waals surface area contributed by atoms with Gasteiger partial charge in [-0.15, -0.1) is 0 Å². The summed E-state index contributed by atoms with van der Waals surface area (Å²) in [6.07, 6.45) is -0.363. The van der Waals surface area contributed by atoms with Gasteiger partial charge in [-0.05, 0) is 32.9 Å². The Balaban J connectivity index is 4.11. The van der Waals surface area contributed by atoms with Crippen molar-refractivity contribution in [3.8, 4) is 0 Å². The molecule has 0 unspecified atom stereocenters. The fraction of sp³-hybridized carbons (Fsp3) is 0.818. The highest BCUT2D eigenvalue weighted by Gasteiger charge is 2.23. The van der Waals surface area contributed by atoms with E-state index in [-0.39, 0.29) is 0 Å². The highest BCUT2D eigenvalue weighted by Crippen LogP contribution is 2.08. The molecule has 0 fully saturated rings. The maximum absolute atomic E-state index is 11.4. The van der Waals surface area contributed by atoms with Gasteiger partial charge in [0.15, 0.2) is 0 Å². The highest BCUT2D eigenvalue weighted by molar-refractivity contribution is 7.99. The van der Waals surface area contributed by atoms with E-state index in [0.717, 1.165) is 5.75 Å². The van der Waals surface area contributed by atoms with E-state index in [1.54, 1.807) is 32.5 Å². The van der Waals surface area contributed by atoms with Crippen molar-refractivity contribution in [3.63, 3.8) is 0 Å². The molecule has 0 saturated heterocycles. The summed E-state index contributed by atoms with van der Waals surface area (Å²) in [6.45, 7) is 5.72. The summed E-state index contributed by atoms with van der Waals surface area (Å²) in [5.74, 6) is 0.345. The monoisotopic (exact) mass is 278 g/mol. The fourth-order valence-electron chi connectivity index (χ4n) is 1.09. The van der Waals surface area contributed by atoms with Crippen LogP contribution in [0.15, 0.2) is 0 Å². The number of rotatable bonds is 7. The zero-order chi connectivity index (χ0) is 14.2. The predicted octanol–water partition coefficient (Wildman–Crippen LogP) is 1.05. The van der Waals surface area contributed by atoms with Crippen molar-refractivity contribution in [1.82, 2.24) is 5.32 Å². The lowest BCUT2D eigenvalue weighted by atomic mass is 10.2. The average molecular weight is 278 g/mol. The molecule has 0 aliphatic rings. The molecule has 0 aromatic carbocycles. The van der Waals surface area contributed by atoms with Gasteiger partial charge in [0, 0.05) is 12.3 Å². The van der Waals surface area contributed by atoms with Crippen molar-refractivity contribution >= 4 is 23.8 Å². The van der Waals surface area contributed by atoms with Crippen molar-refractivity contribution < 1.29 is 19.4 Å². The van der Waals surface area contributed by atoms with Crippen LogP contribution in [0.25, 0.3) is 0 Å². The number of aliphatic carboxylic acids is 1. The quantitative estimate of drug-likeness (QED) is 0.602. The Kier molecular flexibility index (Phi) is 7.77. The summed E-state index contributed by atoms with van der Waals surface area (Å²) >= 11 is 1.56. The van der Waals surface area contributed by atoms with Gasteiger partial charge in [0.05, 0.1) is 0 Å². The molecule has 0 aromatic rings. The molecule has 18 heavy (non-hydrogen) atoms. The van der Waals surface area contributed by atoms with Crippen LogP contribution in [-0.2, 0) is 9.53 Å². The smallest absolute Gasteiger partial charge is 0.408 e. The summed E-state index contributed by atoms with van der Waals surface area (Å²) < 4.78 is 5.01. The normalized spacial score (nSPS) is 12.9. The molecule has 1 atom stereocenters. The molecule has 0 bridgehead atoms. The number of amides is 1. The summed E-state index contributed by atoms with van der Waals surface area (Å²) in [7, 11) is 0. The molecular formula is C11H22N2O4S. The summed E-state index contributed by atoms with van der Waals surface area (Å²) in [4.78, 5) is 22.4. The van der Waals surface area contributed by atoms with Crippen LogP contribution in [0.3, 0.4) is 0 Å². The Labute approximate surface area is 112 Å². The van der Waals surface area contributed by atoms with Crippen LogP contribution in [0.5, 0.6) is 0 Å². The third-order valence-electron chi connectivity index (χ3n) is 1.80. The Bertz CT molecular complexity index is 279. The SMILES string of the molecule is CC(C)(C)OC(=O)N[C@@H](CCSCCN)C(=O)O. The number of hydrogen-bond donors (Lipinski definition) is 3. The molecule has 0 aromatic heterocycles. The van der Waals surface area contributed by atoms with E-state index >= 15 is 0 Å². The molecular weight excluding hydrogens is 256 g/mol. The van der Waals surface area contributed by atoms with E-state index < -0.39 is 23.7 Å². The van der Waals surface area contributed by atoms with Gasteiger partial charge in [-0.2, -0.15) is 11.8 Å². The lowest BCUT2D eigenvalue weighted by Gasteiger charge is -2.21. The molecule has 0 spiro atoms. The zero-order valence-corrected chi connectivity index (χ0v) is 11.9. The first kappa shape index (κ1) is 17.1. The van der Waals surface area contributed by atoms with Gasteiger partial charge in [0.1, 0.15) is 11.6 Å². The fourth-order valence-corrected chi connectivity index (χ4v) is 1.87. The standard InChI is InChI=1S/C11H22N2O4S/c1-11(2,3)17-10(16)13-8(9(14)15)4-6-18-7-5-12/h8H,4-7,12H2,1-3H3,(H,13,16)(H,14,15)/t8-/m0/s1. The molecule has 4 N–H and O–H groups in total. The summed E-state index contributed by atoms with van der Waals surface area (Å²) in [6, 6.07) is -0.926. The summed E-state index contributed by atoms with van der Waals surface area (Å²) in [5, 5.41) is 11.3. The molecule has 0 heterocycles. The van der Waals surface area contributed by atoms with Crippen molar-refractivity contribution in [3.05, 3.63) is 0 Å². The van der Waals surface area contributed by atoms with Crippen LogP contribution in [0.1, 0.15) is 27.2 Å². The van der Waals surface area contributed by atoms with E-state index in [9.17, 15) is 9.59 Å². The van der Waals surface area contributed by atoms with Crippen molar-refractivity contribution in [2.24, 2.45) is 5.73 Å². The molecule has 0 rings (SSSR count). The van der Waals surface area contributed by atoms with Gasteiger partial charge >= 0.3 is 12.1 Å². The van der Waals surface area contributed by atoms with Gasteiger partial charge in [0.2, 0.25) is 0 Å². The van der Waals surface area contributed by atoms with E-state index in [1.165, 1.54) is 0 Å². The number of thioether (sulfide) groups is 1. The topological polar surface area (TPSA) is 102 Å². The molecule has 0 aliphatic heterocycles. The lowest BCUT2D eigenvalue weighted by Crippen LogP contribution is -2.43. The number of nitrogens with two attached hydrogens (primary N) is 1. The molecule has 6 nitrogen and oxygen atoms in total. The van der Waals surface area contributed by atoms with Crippen molar-refractivity contribution in [1.29, 1.82) is 0 Å². The van der Waals surface area contributed by atoms with Gasteiger partial charge < -0.3 is 20.9 Å². The van der Waals surface area contributed by atoms with Gasteiger partial charge in [-0.1, -0.05) is 0 Å². The molecule has 0 aliphatic carbocycles. The maximum atomic E-state index is 11.4. The minimum Gasteiger partial charge on any atom is -0.480 e. The van der Waals surface area contributed by atoms with Crippen LogP contribution in [0, 0.1) is 0 Å². The van der Waals surface area contributed by atoms with E-state index in [2.05, 4.69) is 5.32 Å². The number of carbonyl (C=O) groups excluding carboxylic acids is 1. The molecule has 1 amide bonds. The number of alkyl carbamates (subject to hydrolysis) is 1. The van der Waals surface area contributed by atoms with E-state index in [1.807, 2.05) is 0 Å². The lowest BCUT2D eigenvalue weighted by molar-refractivity contribution is -0.139. The largest absolute Gasteiger partial charge is 0.480 e. The van der Waals surface area contributed by atoms with Gasteiger partial charge in [-0.25, -0.2) is 9.59 Å². The second kappa shape index (κ2) is 8.20. The summed E-state index contributed by atoms with van der Waals surface area (Å²) in [5.41, 5.74) is 4.69. The zero-order valence-electron chi connectivity index (χ0n) is 11.1. The second-order valence-electron chi connectivity index (χ2n) is 4.73. The molecule has 0 radical (unpaired) electrons. The maximum Gasteiger partial charge on any atom is 0.408 e. The third kappa shape index (κ3) is 9.12. The van der Waals surface area contributed by atoms with Gasteiger partial charge in [0.25, 0.3) is 0 Å². The number of nitrogens with one attached hydrogen (secondary N) is 1. The third-order valence-corrected chi connectivity index (χ3v) is 2.85. The first-order valence-corrected chi connectivity index (χ1v) is 6.92. The average Bonchev–Trinajstić information content (AvgIpc) is 2.19. The van der Waals surface area contributed by atoms with Crippen LogP contribution >= 0.6 is 11.8 Å². The van der Waals surface area contributed by atoms with Crippen LogP contribution in [0.2, 0.25) is 0 Å². The first-order chi connectivity index (χ1) is 8.26. The number of hydrogen-bond acceptors (Lipinski definition) is 5. The minimum atomic E-state index is -1.06.